The topological polar surface area (TPSA) is 75.7 Å². The van der Waals surface area contributed by atoms with Gasteiger partial charge in [0, 0.05) is 19.7 Å². The van der Waals surface area contributed by atoms with E-state index in [1.165, 1.54) is 19.2 Å². The lowest BCUT2D eigenvalue weighted by Gasteiger charge is -2.17. The van der Waals surface area contributed by atoms with E-state index in [0.717, 1.165) is 4.31 Å². The number of halogens is 1. The Hall–Kier alpha value is -2.09. The zero-order chi connectivity index (χ0) is 17.5. The third-order valence-electron chi connectivity index (χ3n) is 3.77. The van der Waals surface area contributed by atoms with Crippen LogP contribution in [0.2, 0.25) is 5.02 Å². The van der Waals surface area contributed by atoms with Gasteiger partial charge in [0.2, 0.25) is 10.0 Å². The molecule has 1 amide bonds. The van der Waals surface area contributed by atoms with Crippen molar-refractivity contribution >= 4 is 33.2 Å². The summed E-state index contributed by atoms with van der Waals surface area (Å²) < 4.78 is 32.0. The molecular weight excluding hydrogens is 352 g/mol. The normalized spacial score (nSPS) is 13.6. The molecule has 0 unspecified atom stereocenters. The summed E-state index contributed by atoms with van der Waals surface area (Å²) in [6.07, 6.45) is 0. The molecule has 0 aliphatic carbocycles. The highest BCUT2D eigenvalue weighted by Crippen LogP contribution is 2.39. The molecule has 1 heterocycles. The second-order valence-electron chi connectivity index (χ2n) is 5.25. The summed E-state index contributed by atoms with van der Waals surface area (Å²) in [5.74, 6) is 0.213. The number of amides is 1. The minimum Gasteiger partial charge on any atom is -0.454 e. The minimum absolute atomic E-state index is 0.00114. The largest absolute Gasteiger partial charge is 0.454 e. The molecule has 3 rings (SSSR count). The Labute approximate surface area is 145 Å². The van der Waals surface area contributed by atoms with Gasteiger partial charge in [-0.1, -0.05) is 30.7 Å². The molecule has 0 radical (unpaired) electrons. The first-order valence-electron chi connectivity index (χ1n) is 7.22. The maximum atomic E-state index is 12.5. The molecule has 2 aromatic carbocycles. The lowest BCUT2D eigenvalue weighted by Crippen LogP contribution is -2.27. The van der Waals surface area contributed by atoms with Crippen LogP contribution in [-0.2, 0) is 10.0 Å². The van der Waals surface area contributed by atoms with Gasteiger partial charge in [-0.3, -0.25) is 4.79 Å². The molecule has 24 heavy (non-hydrogen) atoms. The lowest BCUT2D eigenvalue weighted by atomic mass is 10.2. The number of carbonyl (C=O) groups is 1. The smallest absolute Gasteiger partial charge is 0.259 e. The number of rotatable bonds is 3. The number of sulfonamides is 1. The van der Waals surface area contributed by atoms with Crippen LogP contribution in [-0.4, -0.2) is 32.2 Å². The fourth-order valence-corrected chi connectivity index (χ4v) is 3.99. The number of benzene rings is 2. The first kappa shape index (κ1) is 16.8. The number of anilines is 1. The third kappa shape index (κ3) is 2.75. The first-order valence-corrected chi connectivity index (χ1v) is 9.04. The van der Waals surface area contributed by atoms with Crippen molar-refractivity contribution in [3.63, 3.8) is 0 Å². The number of fused-ring (bicyclic) bond motifs is 2. The number of hydrogen-bond acceptors (Lipinski definition) is 4. The molecule has 0 aromatic heterocycles. The summed E-state index contributed by atoms with van der Waals surface area (Å²) in [6.45, 7) is 1.99. The van der Waals surface area contributed by atoms with E-state index < -0.39 is 15.9 Å². The number of nitrogens with one attached hydrogen (secondary N) is 1. The van der Waals surface area contributed by atoms with Crippen LogP contribution in [0.3, 0.4) is 0 Å². The molecule has 1 aliphatic rings. The molecule has 6 nitrogen and oxygen atoms in total. The van der Waals surface area contributed by atoms with Crippen molar-refractivity contribution in [3.05, 3.63) is 47.0 Å². The van der Waals surface area contributed by atoms with Crippen LogP contribution in [0, 0.1) is 0 Å². The number of hydrogen-bond donors (Lipinski definition) is 1. The summed E-state index contributed by atoms with van der Waals surface area (Å²) in [5.41, 5.74) is 0.614. The molecule has 0 bridgehead atoms. The van der Waals surface area contributed by atoms with Gasteiger partial charge < -0.3 is 10.1 Å². The summed E-state index contributed by atoms with van der Waals surface area (Å²) in [7, 11) is -2.34. The summed E-state index contributed by atoms with van der Waals surface area (Å²) >= 11 is 6.16. The van der Waals surface area contributed by atoms with Crippen molar-refractivity contribution in [2.45, 2.75) is 11.8 Å². The zero-order valence-corrected chi connectivity index (χ0v) is 14.6. The van der Waals surface area contributed by atoms with Crippen LogP contribution < -0.4 is 10.1 Å². The van der Waals surface area contributed by atoms with Crippen molar-refractivity contribution in [2.24, 2.45) is 0 Å². The maximum absolute atomic E-state index is 12.5. The molecule has 8 heteroatoms. The van der Waals surface area contributed by atoms with Gasteiger partial charge in [0.1, 0.15) is 10.6 Å². The van der Waals surface area contributed by atoms with Crippen LogP contribution in [0.25, 0.3) is 0 Å². The average Bonchev–Trinajstić information content (AvgIpc) is 2.68. The van der Waals surface area contributed by atoms with E-state index in [9.17, 15) is 13.2 Å². The monoisotopic (exact) mass is 366 g/mol. The predicted octanol–water partition coefficient (Wildman–Crippen LogP) is 3.34. The highest BCUT2D eigenvalue weighted by atomic mass is 35.5. The Kier molecular flexibility index (Phi) is 4.25. The molecule has 0 spiro atoms. The first-order chi connectivity index (χ1) is 11.3. The number of carbonyl (C=O) groups excluding carboxylic acids is 1. The quantitative estimate of drug-likeness (QED) is 0.903. The van der Waals surface area contributed by atoms with Gasteiger partial charge in [-0.2, -0.15) is 0 Å². The number of para-hydroxylation sites is 2. The van der Waals surface area contributed by atoms with Crippen molar-refractivity contribution in [1.82, 2.24) is 4.31 Å². The van der Waals surface area contributed by atoms with Crippen LogP contribution in [0.15, 0.2) is 41.3 Å². The molecular formula is C16H15ClN2O4S. The highest BCUT2D eigenvalue weighted by molar-refractivity contribution is 7.89. The Morgan fingerprint density at radius 3 is 2.62 bits per heavy atom. The van der Waals surface area contributed by atoms with Crippen LogP contribution in [0.4, 0.5) is 5.69 Å². The third-order valence-corrected chi connectivity index (χ3v) is 6.16. The SMILES string of the molecule is CCN(C)S(=O)(=O)c1cc2c(cc1Cl)Oc1ccccc1NC2=O. The second-order valence-corrected chi connectivity index (χ2v) is 7.67. The highest BCUT2D eigenvalue weighted by Gasteiger charge is 2.28. The van der Waals surface area contributed by atoms with Crippen molar-refractivity contribution in [2.75, 3.05) is 18.9 Å². The minimum atomic E-state index is -3.79. The van der Waals surface area contributed by atoms with E-state index in [4.69, 9.17) is 16.3 Å². The Bertz CT molecular complexity index is 928. The van der Waals surface area contributed by atoms with E-state index in [1.54, 1.807) is 31.2 Å². The van der Waals surface area contributed by atoms with Crippen molar-refractivity contribution < 1.29 is 17.9 Å². The van der Waals surface area contributed by atoms with Gasteiger partial charge in [0.15, 0.2) is 5.75 Å². The van der Waals surface area contributed by atoms with E-state index >= 15 is 0 Å². The predicted molar refractivity (Wildman–Crippen MR) is 91.4 cm³/mol. The molecule has 1 N–H and O–H groups in total. The zero-order valence-electron chi connectivity index (χ0n) is 13.0. The van der Waals surface area contributed by atoms with Gasteiger partial charge in [-0.25, -0.2) is 12.7 Å². The summed E-state index contributed by atoms with van der Waals surface area (Å²) in [4.78, 5) is 12.3. The Balaban J connectivity index is 2.16. The number of ether oxygens (including phenoxy) is 1. The molecule has 1 aliphatic heterocycles. The summed E-state index contributed by atoms with van der Waals surface area (Å²) in [5, 5.41) is 2.71. The molecule has 0 saturated heterocycles. The van der Waals surface area contributed by atoms with Gasteiger partial charge in [0.25, 0.3) is 5.91 Å². The van der Waals surface area contributed by atoms with Crippen LogP contribution >= 0.6 is 11.6 Å². The van der Waals surface area contributed by atoms with E-state index in [1.807, 2.05) is 0 Å². The summed E-state index contributed by atoms with van der Waals surface area (Å²) in [6, 6.07) is 9.54. The Morgan fingerprint density at radius 1 is 1.21 bits per heavy atom. The lowest BCUT2D eigenvalue weighted by molar-refractivity contribution is 0.102. The second kappa shape index (κ2) is 6.08. The van der Waals surface area contributed by atoms with E-state index in [0.29, 0.717) is 11.4 Å². The van der Waals surface area contributed by atoms with E-state index in [-0.39, 0.29) is 27.8 Å². The van der Waals surface area contributed by atoms with Crippen LogP contribution in [0.1, 0.15) is 17.3 Å². The number of nitrogens with zero attached hydrogens (tertiary/aromatic N) is 1. The van der Waals surface area contributed by atoms with Crippen molar-refractivity contribution in [3.8, 4) is 11.5 Å². The standard InChI is InChI=1S/C16H15ClN2O4S/c1-3-19(2)24(21,22)15-8-10-14(9-11(15)17)23-13-7-5-4-6-12(13)18-16(10)20/h4-9H,3H2,1-2H3,(H,18,20). The molecule has 0 atom stereocenters. The van der Waals surface area contributed by atoms with Crippen molar-refractivity contribution in [1.29, 1.82) is 0 Å². The fourth-order valence-electron chi connectivity index (χ4n) is 2.30. The van der Waals surface area contributed by atoms with Gasteiger partial charge in [0.05, 0.1) is 16.3 Å². The van der Waals surface area contributed by atoms with Gasteiger partial charge in [-0.05, 0) is 18.2 Å². The van der Waals surface area contributed by atoms with Crippen LogP contribution in [0.5, 0.6) is 11.5 Å². The average molecular weight is 367 g/mol. The van der Waals surface area contributed by atoms with Gasteiger partial charge in [-0.15, -0.1) is 0 Å². The molecule has 0 saturated carbocycles. The van der Waals surface area contributed by atoms with E-state index in [2.05, 4.69) is 5.32 Å². The molecule has 126 valence electrons. The Morgan fingerprint density at radius 2 is 1.92 bits per heavy atom. The molecule has 0 fully saturated rings. The fraction of sp³-hybridized carbons (Fsp3) is 0.188. The maximum Gasteiger partial charge on any atom is 0.259 e. The van der Waals surface area contributed by atoms with Gasteiger partial charge >= 0.3 is 0 Å². The molecule has 2 aromatic rings.